The van der Waals surface area contributed by atoms with Crippen molar-refractivity contribution in [3.63, 3.8) is 0 Å². The van der Waals surface area contributed by atoms with Crippen LogP contribution < -0.4 is 0 Å². The molecule has 10 aliphatic carbocycles. The van der Waals surface area contributed by atoms with Crippen LogP contribution in [0.15, 0.2) is 42.5 Å². The number of aliphatic hydroxyl groups is 5. The van der Waals surface area contributed by atoms with Crippen LogP contribution in [0.25, 0.3) is 0 Å². The summed E-state index contributed by atoms with van der Waals surface area (Å²) >= 11 is 0. The zero-order chi connectivity index (χ0) is 37.7. The number of aromatic nitrogens is 2. The van der Waals surface area contributed by atoms with Crippen LogP contribution in [0.5, 0.6) is 0 Å². The van der Waals surface area contributed by atoms with Gasteiger partial charge in [-0.25, -0.2) is 4.98 Å². The van der Waals surface area contributed by atoms with Crippen LogP contribution in [0.1, 0.15) is 117 Å². The third kappa shape index (κ3) is 4.05. The Kier molecular flexibility index (Phi) is 7.64. The summed E-state index contributed by atoms with van der Waals surface area (Å²) in [5, 5.41) is 60.3. The van der Waals surface area contributed by atoms with Gasteiger partial charge in [-0.3, -0.25) is 4.79 Å². The number of fused-ring (bicyclic) bond motifs is 4. The Balaban J connectivity index is 1.22. The highest BCUT2D eigenvalue weighted by molar-refractivity contribution is 5.96. The molecule has 0 unspecified atom stereocenters. The summed E-state index contributed by atoms with van der Waals surface area (Å²) in [4.78, 5) is 20.2. The van der Waals surface area contributed by atoms with Crippen LogP contribution in [0.2, 0.25) is 0 Å². The van der Waals surface area contributed by atoms with Crippen LogP contribution in [0, 0.1) is 79.3 Å². The smallest absolute Gasteiger partial charge is 0.159 e. The number of allylic oxidation sites excluding steroid dienone is 3. The molecular formula is C46H62N2O6. The van der Waals surface area contributed by atoms with E-state index in [-0.39, 0.29) is 46.2 Å². The van der Waals surface area contributed by atoms with Crippen molar-refractivity contribution in [1.29, 1.82) is 0 Å². The largest absolute Gasteiger partial charge is 0.394 e. The van der Waals surface area contributed by atoms with Crippen molar-refractivity contribution in [3.8, 4) is 11.8 Å². The summed E-state index contributed by atoms with van der Waals surface area (Å²) < 4.78 is 2.18. The molecule has 1 aromatic heterocycles. The number of aliphatic hydroxyl groups excluding tert-OH is 4. The lowest BCUT2D eigenvalue weighted by molar-refractivity contribution is -0.293. The summed E-state index contributed by atoms with van der Waals surface area (Å²) in [6, 6.07) is 0. The van der Waals surface area contributed by atoms with E-state index in [0.717, 1.165) is 83.6 Å². The molecule has 3 spiro atoms. The first-order valence-electron chi connectivity index (χ1n) is 21.5. The van der Waals surface area contributed by atoms with Gasteiger partial charge in [0.05, 0.1) is 36.2 Å². The molecule has 0 amide bonds. The molecule has 292 valence electrons. The Morgan fingerprint density at radius 2 is 1.81 bits per heavy atom. The molecule has 16 atom stereocenters. The number of rotatable bonds is 4. The van der Waals surface area contributed by atoms with Crippen LogP contribution in [0.4, 0.5) is 0 Å². The number of hydrogen-bond donors (Lipinski definition) is 5. The number of ketones is 1. The third-order valence-electron chi connectivity index (χ3n) is 19.5. The van der Waals surface area contributed by atoms with Gasteiger partial charge in [-0.1, -0.05) is 50.8 Å². The minimum Gasteiger partial charge on any atom is -0.394 e. The lowest BCUT2D eigenvalue weighted by Crippen LogP contribution is -2.78. The normalized spacial score (nSPS) is 54.5. The highest BCUT2D eigenvalue weighted by Gasteiger charge is 2.83. The van der Waals surface area contributed by atoms with Gasteiger partial charge in [-0.15, -0.1) is 5.92 Å². The van der Waals surface area contributed by atoms with Crippen molar-refractivity contribution in [2.45, 2.75) is 148 Å². The number of nitrogens with zero attached hydrogens (tertiary/aromatic N) is 2. The molecule has 0 aromatic carbocycles. The second kappa shape index (κ2) is 11.4. The Labute approximate surface area is 320 Å². The predicted octanol–water partition coefficient (Wildman–Crippen LogP) is 5.76. The van der Waals surface area contributed by atoms with E-state index >= 15 is 4.79 Å². The van der Waals surface area contributed by atoms with E-state index < -0.39 is 57.6 Å². The van der Waals surface area contributed by atoms with Gasteiger partial charge in [-0.05, 0) is 140 Å². The summed E-state index contributed by atoms with van der Waals surface area (Å²) in [6.45, 7) is 7.18. The van der Waals surface area contributed by atoms with Gasteiger partial charge in [0.25, 0.3) is 0 Å². The molecule has 0 saturated heterocycles. The Hall–Kier alpha value is -2.28. The number of hydrogen-bond acceptors (Lipinski definition) is 7. The molecule has 11 rings (SSSR count). The van der Waals surface area contributed by atoms with Gasteiger partial charge in [-0.2, -0.15) is 0 Å². The van der Waals surface area contributed by atoms with Crippen molar-refractivity contribution < 1.29 is 30.3 Å². The first kappa shape index (κ1) is 36.1. The zero-order valence-corrected chi connectivity index (χ0v) is 32.6. The average molecular weight is 739 g/mol. The molecule has 6 fully saturated rings. The van der Waals surface area contributed by atoms with Crippen LogP contribution in [-0.2, 0) is 11.3 Å². The van der Waals surface area contributed by atoms with Crippen molar-refractivity contribution in [2.24, 2.45) is 67.5 Å². The van der Waals surface area contributed by atoms with Gasteiger partial charge < -0.3 is 30.1 Å². The molecule has 54 heavy (non-hydrogen) atoms. The molecule has 6 saturated carbocycles. The number of carbonyl (C=O) groups excluding carboxylic acids is 1. The van der Waals surface area contributed by atoms with E-state index in [1.165, 1.54) is 5.57 Å². The van der Waals surface area contributed by atoms with E-state index in [1.807, 2.05) is 25.6 Å². The maximum atomic E-state index is 15.8. The molecule has 0 aliphatic heterocycles. The van der Waals surface area contributed by atoms with Crippen LogP contribution in [-0.4, -0.2) is 71.4 Å². The van der Waals surface area contributed by atoms with Crippen LogP contribution in [0.3, 0.4) is 0 Å². The Morgan fingerprint density at radius 1 is 1.00 bits per heavy atom. The molecule has 4 bridgehead atoms. The SMILES string of the molecule is C[C@@]12CCC#C[C@H](O)[C@]34[C@H](C1)C1=CC(=O)[C@@H]5[C@]67CC[C@@H](Cn8ccnc8)C[C@]5(CC[C@@H]6[C@](C)([C@H](O)CO)[C@@H](O)CC7)[C@]1(C)C[C@@]3(O)C=C[C@@H]1CCC[C@]14C2. The molecule has 1 heterocycles. The topological polar surface area (TPSA) is 136 Å². The molecule has 0 radical (unpaired) electrons. The predicted molar refractivity (Wildman–Crippen MR) is 203 cm³/mol. The standard InChI is InChI=1S/C46H62N2O6/c1-39-13-5-4-8-36(52)46-32(23-39)31-21-33(50)38-42-15-9-29(24-48-20-19-47-28-48)22-43(38,17-11-34(42)41(3,37(53)25-49)35(51)12-16-42)40(31,2)27-45(46,54)18-10-30-7-6-14-44(30,46)26-39/h10,18-21,28-30,32,34-38,49,51-54H,5-7,9,11-17,22-27H2,1-3H3/t29-,30+,32-,34-,35+,36+,37-,38-,39-,40-,41+,42+,43+,44+,45+,46+/m1/s1. The van der Waals surface area contributed by atoms with Gasteiger partial charge in [0, 0.05) is 36.7 Å². The van der Waals surface area contributed by atoms with Crippen molar-refractivity contribution in [1.82, 2.24) is 9.55 Å². The van der Waals surface area contributed by atoms with Crippen molar-refractivity contribution in [3.05, 3.63) is 42.5 Å². The first-order chi connectivity index (χ1) is 25.7. The second-order valence-corrected chi connectivity index (χ2v) is 21.2. The number of carbonyl (C=O) groups is 1. The maximum absolute atomic E-state index is 15.8. The average Bonchev–Trinajstić information content (AvgIpc) is 3.80. The lowest BCUT2D eigenvalue weighted by atomic mass is 9.26. The second-order valence-electron chi connectivity index (χ2n) is 21.2. The van der Waals surface area contributed by atoms with E-state index in [2.05, 4.69) is 53.5 Å². The first-order valence-corrected chi connectivity index (χ1v) is 21.5. The monoisotopic (exact) mass is 738 g/mol. The Bertz CT molecular complexity index is 1860. The maximum Gasteiger partial charge on any atom is 0.159 e. The van der Waals surface area contributed by atoms with Gasteiger partial charge in [0.2, 0.25) is 0 Å². The Morgan fingerprint density at radius 3 is 2.59 bits per heavy atom. The quantitative estimate of drug-likeness (QED) is 0.196. The highest BCUT2D eigenvalue weighted by Crippen LogP contribution is 2.84. The summed E-state index contributed by atoms with van der Waals surface area (Å²) in [6.07, 6.45) is 21.7. The third-order valence-corrected chi connectivity index (χ3v) is 19.5. The van der Waals surface area contributed by atoms with Gasteiger partial charge in [0.1, 0.15) is 6.10 Å². The zero-order valence-electron chi connectivity index (χ0n) is 32.6. The van der Waals surface area contributed by atoms with Crippen molar-refractivity contribution in [2.75, 3.05) is 6.61 Å². The summed E-state index contributed by atoms with van der Waals surface area (Å²) in [7, 11) is 0. The molecular weight excluding hydrogens is 677 g/mol. The summed E-state index contributed by atoms with van der Waals surface area (Å²) in [5.74, 6) is 6.79. The van der Waals surface area contributed by atoms with Crippen LogP contribution >= 0.6 is 0 Å². The fraction of sp³-hybridized carbons (Fsp3) is 0.783. The molecule has 8 heteroatoms. The number of imidazole rings is 1. The molecule has 5 N–H and O–H groups in total. The van der Waals surface area contributed by atoms with Crippen molar-refractivity contribution >= 4 is 5.78 Å². The van der Waals surface area contributed by atoms with Gasteiger partial charge in [0.15, 0.2) is 5.78 Å². The molecule has 8 nitrogen and oxygen atoms in total. The lowest BCUT2D eigenvalue weighted by Gasteiger charge is -2.77. The van der Waals surface area contributed by atoms with E-state index in [9.17, 15) is 25.5 Å². The fourth-order valence-electron chi connectivity index (χ4n) is 17.7. The molecule has 1 aromatic rings. The van der Waals surface area contributed by atoms with E-state index in [0.29, 0.717) is 19.3 Å². The summed E-state index contributed by atoms with van der Waals surface area (Å²) in [5.41, 5.74) is -3.85. The van der Waals surface area contributed by atoms with E-state index in [1.54, 1.807) is 0 Å². The molecule has 10 aliphatic rings. The highest BCUT2D eigenvalue weighted by atomic mass is 16.3. The fourth-order valence-corrected chi connectivity index (χ4v) is 17.7. The minimum absolute atomic E-state index is 0.0354. The van der Waals surface area contributed by atoms with E-state index in [4.69, 9.17) is 0 Å². The minimum atomic E-state index is -1.31. The van der Waals surface area contributed by atoms with Gasteiger partial charge >= 0.3 is 0 Å².